The van der Waals surface area contributed by atoms with Crippen molar-refractivity contribution in [3.63, 3.8) is 0 Å². The van der Waals surface area contributed by atoms with Crippen molar-refractivity contribution in [3.05, 3.63) is 11.9 Å². The van der Waals surface area contributed by atoms with Gasteiger partial charge in [0.2, 0.25) is 5.95 Å². The topological polar surface area (TPSA) is 78.4 Å². The second kappa shape index (κ2) is 8.01. The highest BCUT2D eigenvalue weighted by Gasteiger charge is 2.29. The number of likely N-dealkylation sites (tertiary alicyclic amines) is 1. The van der Waals surface area contributed by atoms with Gasteiger partial charge < -0.3 is 15.1 Å². The molecule has 0 radical (unpaired) electrons. The standard InChI is InChI=1S/C19H31N5O2S/c1-27(25,26)17-14-21-19(22-18(17)15-5-4-8-20-13-15)24-11-6-16(7-12-24)23-9-2-3-10-23/h14-16,20H,2-13H2,1H3/t15-/m1/s1. The number of hydrogen-bond donors (Lipinski definition) is 1. The van der Waals surface area contributed by atoms with Crippen LogP contribution in [0.2, 0.25) is 0 Å². The predicted octanol–water partition coefficient (Wildman–Crippen LogP) is 1.41. The minimum atomic E-state index is -3.33. The highest BCUT2D eigenvalue weighted by molar-refractivity contribution is 7.90. The Labute approximate surface area is 162 Å². The summed E-state index contributed by atoms with van der Waals surface area (Å²) >= 11 is 0. The Hall–Kier alpha value is -1.25. The van der Waals surface area contributed by atoms with Crippen molar-refractivity contribution in [2.75, 3.05) is 50.4 Å². The van der Waals surface area contributed by atoms with Crippen LogP contribution in [0.1, 0.15) is 50.1 Å². The molecule has 4 rings (SSSR count). The second-order valence-electron chi connectivity index (χ2n) is 8.20. The van der Waals surface area contributed by atoms with Crippen LogP contribution >= 0.6 is 0 Å². The lowest BCUT2D eigenvalue weighted by Crippen LogP contribution is -2.44. The van der Waals surface area contributed by atoms with E-state index in [-0.39, 0.29) is 5.92 Å². The van der Waals surface area contributed by atoms with Crippen molar-refractivity contribution in [1.29, 1.82) is 0 Å². The lowest BCUT2D eigenvalue weighted by molar-refractivity contribution is 0.207. The summed E-state index contributed by atoms with van der Waals surface area (Å²) in [6, 6.07) is 0.682. The summed E-state index contributed by atoms with van der Waals surface area (Å²) in [5.74, 6) is 0.843. The number of sulfone groups is 1. The first-order valence-electron chi connectivity index (χ1n) is 10.3. The first kappa shape index (κ1) is 19.1. The Morgan fingerprint density at radius 2 is 1.81 bits per heavy atom. The van der Waals surface area contributed by atoms with Crippen LogP contribution in [0.4, 0.5) is 5.95 Å². The Morgan fingerprint density at radius 3 is 2.44 bits per heavy atom. The van der Waals surface area contributed by atoms with Crippen molar-refractivity contribution in [1.82, 2.24) is 20.2 Å². The molecule has 150 valence electrons. The van der Waals surface area contributed by atoms with Gasteiger partial charge in [0.05, 0.1) is 11.9 Å². The largest absolute Gasteiger partial charge is 0.341 e. The van der Waals surface area contributed by atoms with Crippen molar-refractivity contribution in [2.24, 2.45) is 0 Å². The number of anilines is 1. The van der Waals surface area contributed by atoms with Crippen LogP contribution in [0, 0.1) is 0 Å². The predicted molar refractivity (Wildman–Crippen MR) is 106 cm³/mol. The maximum absolute atomic E-state index is 12.3. The zero-order valence-corrected chi connectivity index (χ0v) is 17.0. The van der Waals surface area contributed by atoms with Gasteiger partial charge in [-0.1, -0.05) is 0 Å². The Morgan fingerprint density at radius 1 is 1.07 bits per heavy atom. The molecule has 0 saturated carbocycles. The molecule has 0 amide bonds. The van der Waals surface area contributed by atoms with Gasteiger partial charge in [-0.3, -0.25) is 0 Å². The fraction of sp³-hybridized carbons (Fsp3) is 0.789. The normalized spacial score (nSPS) is 25.8. The van der Waals surface area contributed by atoms with Gasteiger partial charge in [0.1, 0.15) is 4.90 Å². The van der Waals surface area contributed by atoms with Gasteiger partial charge in [0.15, 0.2) is 9.84 Å². The maximum Gasteiger partial charge on any atom is 0.225 e. The second-order valence-corrected chi connectivity index (χ2v) is 10.2. The number of nitrogens with one attached hydrogen (secondary N) is 1. The highest BCUT2D eigenvalue weighted by atomic mass is 32.2. The molecule has 3 saturated heterocycles. The molecular formula is C19H31N5O2S. The fourth-order valence-corrected chi connectivity index (χ4v) is 5.56. The molecule has 3 fully saturated rings. The van der Waals surface area contributed by atoms with Crippen LogP contribution in [0.5, 0.6) is 0 Å². The van der Waals surface area contributed by atoms with Crippen LogP contribution in [-0.2, 0) is 9.84 Å². The Balaban J connectivity index is 1.53. The van der Waals surface area contributed by atoms with Gasteiger partial charge in [-0.2, -0.15) is 0 Å². The zero-order valence-electron chi connectivity index (χ0n) is 16.2. The molecule has 1 aromatic heterocycles. The van der Waals surface area contributed by atoms with E-state index in [9.17, 15) is 8.42 Å². The molecule has 3 aliphatic heterocycles. The fourth-order valence-electron chi connectivity index (χ4n) is 4.73. The molecule has 0 aliphatic carbocycles. The van der Waals surface area contributed by atoms with Crippen molar-refractivity contribution < 1.29 is 8.42 Å². The van der Waals surface area contributed by atoms with E-state index in [0.717, 1.165) is 51.9 Å². The van der Waals surface area contributed by atoms with E-state index in [1.807, 2.05) is 0 Å². The number of aromatic nitrogens is 2. The number of nitrogens with zero attached hydrogens (tertiary/aromatic N) is 4. The molecular weight excluding hydrogens is 362 g/mol. The van der Waals surface area contributed by atoms with Crippen LogP contribution < -0.4 is 10.2 Å². The third-order valence-electron chi connectivity index (χ3n) is 6.26. The lowest BCUT2D eigenvalue weighted by Gasteiger charge is -2.37. The molecule has 1 N–H and O–H groups in total. The third-order valence-corrected chi connectivity index (χ3v) is 7.37. The molecule has 0 aromatic carbocycles. The van der Waals surface area contributed by atoms with Crippen LogP contribution in [-0.4, -0.2) is 74.9 Å². The monoisotopic (exact) mass is 393 g/mol. The van der Waals surface area contributed by atoms with E-state index in [4.69, 9.17) is 4.98 Å². The zero-order chi connectivity index (χ0) is 18.9. The average Bonchev–Trinajstić information content (AvgIpc) is 3.22. The molecule has 8 heteroatoms. The summed E-state index contributed by atoms with van der Waals surface area (Å²) in [6.07, 6.45) is 9.75. The quantitative estimate of drug-likeness (QED) is 0.829. The summed E-state index contributed by atoms with van der Waals surface area (Å²) in [6.45, 7) is 6.15. The van der Waals surface area contributed by atoms with Crippen molar-refractivity contribution in [2.45, 2.75) is 55.4 Å². The SMILES string of the molecule is CS(=O)(=O)c1cnc(N2CCC(N3CCCC3)CC2)nc1[C@@H]1CCCNC1. The molecule has 27 heavy (non-hydrogen) atoms. The molecule has 0 bridgehead atoms. The summed E-state index contributed by atoms with van der Waals surface area (Å²) in [4.78, 5) is 14.4. The lowest BCUT2D eigenvalue weighted by atomic mass is 9.96. The third kappa shape index (κ3) is 4.27. The van der Waals surface area contributed by atoms with Gasteiger partial charge in [-0.05, 0) is 58.2 Å². The molecule has 0 spiro atoms. The Bertz CT molecular complexity index is 749. The highest BCUT2D eigenvalue weighted by Crippen LogP contribution is 2.30. The summed E-state index contributed by atoms with van der Waals surface area (Å²) in [5.41, 5.74) is 0.705. The molecule has 3 aliphatic rings. The van der Waals surface area contributed by atoms with E-state index in [1.165, 1.54) is 38.4 Å². The molecule has 1 aromatic rings. The Kier molecular flexibility index (Phi) is 5.66. The van der Waals surface area contributed by atoms with E-state index < -0.39 is 9.84 Å². The van der Waals surface area contributed by atoms with Gasteiger partial charge in [0.25, 0.3) is 0 Å². The smallest absolute Gasteiger partial charge is 0.225 e. The molecule has 4 heterocycles. The summed E-state index contributed by atoms with van der Waals surface area (Å²) in [5, 5.41) is 3.37. The summed E-state index contributed by atoms with van der Waals surface area (Å²) < 4.78 is 24.5. The van der Waals surface area contributed by atoms with Gasteiger partial charge in [-0.25, -0.2) is 18.4 Å². The number of rotatable bonds is 4. The minimum absolute atomic E-state index is 0.146. The van der Waals surface area contributed by atoms with Crippen LogP contribution in [0.15, 0.2) is 11.1 Å². The maximum atomic E-state index is 12.3. The minimum Gasteiger partial charge on any atom is -0.341 e. The summed E-state index contributed by atoms with van der Waals surface area (Å²) in [7, 11) is -3.33. The number of hydrogen-bond acceptors (Lipinski definition) is 7. The van der Waals surface area contributed by atoms with Crippen molar-refractivity contribution >= 4 is 15.8 Å². The van der Waals surface area contributed by atoms with Crippen LogP contribution in [0.3, 0.4) is 0 Å². The van der Waals surface area contributed by atoms with E-state index in [0.29, 0.717) is 22.6 Å². The molecule has 1 atom stereocenters. The first-order valence-corrected chi connectivity index (χ1v) is 12.2. The molecule has 0 unspecified atom stereocenters. The van der Waals surface area contributed by atoms with E-state index in [2.05, 4.69) is 20.1 Å². The van der Waals surface area contributed by atoms with Gasteiger partial charge in [-0.15, -0.1) is 0 Å². The average molecular weight is 394 g/mol. The van der Waals surface area contributed by atoms with Crippen LogP contribution in [0.25, 0.3) is 0 Å². The van der Waals surface area contributed by atoms with Crippen molar-refractivity contribution in [3.8, 4) is 0 Å². The molecule has 7 nitrogen and oxygen atoms in total. The van der Waals surface area contributed by atoms with E-state index >= 15 is 0 Å². The first-order chi connectivity index (χ1) is 13.0. The number of piperidine rings is 2. The van der Waals surface area contributed by atoms with Gasteiger partial charge >= 0.3 is 0 Å². The van der Waals surface area contributed by atoms with Gasteiger partial charge in [0, 0.05) is 37.8 Å². The van der Waals surface area contributed by atoms with E-state index in [1.54, 1.807) is 0 Å².